The number of aliphatic hydroxyl groups excluding tert-OH is 1. The number of benzene rings is 1. The quantitative estimate of drug-likeness (QED) is 0.838. The molecule has 2 atom stereocenters. The maximum atomic E-state index is 12.3. The van der Waals surface area contributed by atoms with E-state index in [0.717, 1.165) is 0 Å². The van der Waals surface area contributed by atoms with Crippen LogP contribution in [0.5, 0.6) is 0 Å². The van der Waals surface area contributed by atoms with Crippen LogP contribution in [0.2, 0.25) is 10.2 Å². The Labute approximate surface area is 139 Å². The van der Waals surface area contributed by atoms with Crippen LogP contribution in [0.15, 0.2) is 36.4 Å². The lowest BCUT2D eigenvalue weighted by Gasteiger charge is -2.21. The highest BCUT2D eigenvalue weighted by atomic mass is 35.5. The summed E-state index contributed by atoms with van der Waals surface area (Å²) < 4.78 is 0. The van der Waals surface area contributed by atoms with Crippen molar-refractivity contribution >= 4 is 29.1 Å². The van der Waals surface area contributed by atoms with Crippen LogP contribution in [0.25, 0.3) is 0 Å². The smallest absolute Gasteiger partial charge is 0.253 e. The Bertz CT molecular complexity index is 674. The van der Waals surface area contributed by atoms with Crippen molar-refractivity contribution in [2.75, 3.05) is 0 Å². The first-order valence-corrected chi connectivity index (χ1v) is 7.51. The van der Waals surface area contributed by atoms with E-state index in [-0.39, 0.29) is 5.91 Å². The first kappa shape index (κ1) is 16.7. The summed E-state index contributed by atoms with van der Waals surface area (Å²) in [6.07, 6.45) is -0.832. The molecule has 0 saturated carbocycles. The third-order valence-corrected chi connectivity index (χ3v) is 3.80. The van der Waals surface area contributed by atoms with E-state index in [2.05, 4.69) is 10.3 Å². The van der Waals surface area contributed by atoms with E-state index < -0.39 is 12.1 Å². The Hall–Kier alpha value is -1.62. The average molecular weight is 339 g/mol. The van der Waals surface area contributed by atoms with E-state index in [1.807, 2.05) is 0 Å². The molecule has 6 heteroatoms. The van der Waals surface area contributed by atoms with Gasteiger partial charge in [0.15, 0.2) is 0 Å². The SMILES string of the molecule is Cc1nc(Cl)ccc1C(=O)NC(C)C(O)c1ccc(Cl)cc1. The summed E-state index contributed by atoms with van der Waals surface area (Å²) in [5.41, 5.74) is 1.65. The highest BCUT2D eigenvalue weighted by Gasteiger charge is 2.20. The van der Waals surface area contributed by atoms with E-state index in [9.17, 15) is 9.90 Å². The molecular formula is C16H16Cl2N2O2. The minimum absolute atomic E-state index is 0.304. The molecule has 0 aliphatic carbocycles. The van der Waals surface area contributed by atoms with Gasteiger partial charge in [0.1, 0.15) is 5.15 Å². The summed E-state index contributed by atoms with van der Waals surface area (Å²) in [5, 5.41) is 14.0. The van der Waals surface area contributed by atoms with Crippen molar-refractivity contribution in [2.24, 2.45) is 0 Å². The molecule has 0 aliphatic heterocycles. The van der Waals surface area contributed by atoms with Crippen LogP contribution in [0.3, 0.4) is 0 Å². The third kappa shape index (κ3) is 3.97. The number of aromatic nitrogens is 1. The minimum atomic E-state index is -0.832. The summed E-state index contributed by atoms with van der Waals surface area (Å²) in [7, 11) is 0. The van der Waals surface area contributed by atoms with Gasteiger partial charge in [0.2, 0.25) is 0 Å². The van der Waals surface area contributed by atoms with Crippen molar-refractivity contribution in [3.63, 3.8) is 0 Å². The monoisotopic (exact) mass is 338 g/mol. The normalized spacial score (nSPS) is 13.5. The van der Waals surface area contributed by atoms with Crippen molar-refractivity contribution in [3.05, 3.63) is 63.4 Å². The standard InChI is InChI=1S/C16H16Cl2N2O2/c1-9-13(7-8-14(18)19-9)16(22)20-10(2)15(21)11-3-5-12(17)6-4-11/h3-8,10,15,21H,1-2H3,(H,20,22). The van der Waals surface area contributed by atoms with E-state index in [1.54, 1.807) is 50.2 Å². The number of aryl methyl sites for hydroxylation is 1. The van der Waals surface area contributed by atoms with Gasteiger partial charge in [0, 0.05) is 5.02 Å². The zero-order chi connectivity index (χ0) is 16.3. The van der Waals surface area contributed by atoms with Crippen molar-refractivity contribution < 1.29 is 9.90 Å². The molecule has 22 heavy (non-hydrogen) atoms. The molecule has 2 aromatic rings. The van der Waals surface area contributed by atoms with E-state index in [0.29, 0.717) is 27.0 Å². The third-order valence-electron chi connectivity index (χ3n) is 3.34. The van der Waals surface area contributed by atoms with Gasteiger partial charge in [0.05, 0.1) is 23.4 Å². The van der Waals surface area contributed by atoms with E-state index >= 15 is 0 Å². The number of nitrogens with zero attached hydrogens (tertiary/aromatic N) is 1. The zero-order valence-electron chi connectivity index (χ0n) is 12.2. The van der Waals surface area contributed by atoms with Gasteiger partial charge in [-0.2, -0.15) is 0 Å². The van der Waals surface area contributed by atoms with Crippen molar-refractivity contribution in [2.45, 2.75) is 26.0 Å². The highest BCUT2D eigenvalue weighted by Crippen LogP contribution is 2.20. The first-order valence-electron chi connectivity index (χ1n) is 6.76. The van der Waals surface area contributed by atoms with Gasteiger partial charge in [-0.05, 0) is 43.7 Å². The van der Waals surface area contributed by atoms with Crippen LogP contribution in [-0.2, 0) is 0 Å². The molecule has 4 nitrogen and oxygen atoms in total. The number of carbonyl (C=O) groups excluding carboxylic acids is 1. The molecule has 1 aromatic carbocycles. The number of rotatable bonds is 4. The second-order valence-corrected chi connectivity index (χ2v) is 5.85. The van der Waals surface area contributed by atoms with Gasteiger partial charge < -0.3 is 10.4 Å². The van der Waals surface area contributed by atoms with Gasteiger partial charge >= 0.3 is 0 Å². The summed E-state index contributed by atoms with van der Waals surface area (Å²) in [5.74, 6) is -0.304. The largest absolute Gasteiger partial charge is 0.386 e. The molecule has 1 heterocycles. The van der Waals surface area contributed by atoms with Crippen LogP contribution < -0.4 is 5.32 Å². The maximum Gasteiger partial charge on any atom is 0.253 e. The number of hydrogen-bond donors (Lipinski definition) is 2. The summed E-state index contributed by atoms with van der Waals surface area (Å²) in [6.45, 7) is 3.44. The minimum Gasteiger partial charge on any atom is -0.386 e. The molecule has 1 aromatic heterocycles. The second kappa shape index (κ2) is 7.09. The predicted molar refractivity (Wildman–Crippen MR) is 87.3 cm³/mol. The lowest BCUT2D eigenvalue weighted by Crippen LogP contribution is -2.37. The molecule has 0 radical (unpaired) electrons. The number of carbonyl (C=O) groups is 1. The lowest BCUT2D eigenvalue weighted by atomic mass is 10.0. The number of amides is 1. The molecule has 116 valence electrons. The van der Waals surface area contributed by atoms with Gasteiger partial charge in [-0.3, -0.25) is 4.79 Å². The number of pyridine rings is 1. The van der Waals surface area contributed by atoms with E-state index in [4.69, 9.17) is 23.2 Å². The van der Waals surface area contributed by atoms with Crippen LogP contribution in [0.4, 0.5) is 0 Å². The van der Waals surface area contributed by atoms with Crippen molar-refractivity contribution in [1.82, 2.24) is 10.3 Å². The molecule has 2 N–H and O–H groups in total. The summed E-state index contributed by atoms with van der Waals surface area (Å²) in [4.78, 5) is 16.3. The molecule has 0 saturated heterocycles. The zero-order valence-corrected chi connectivity index (χ0v) is 13.7. The Morgan fingerprint density at radius 2 is 1.82 bits per heavy atom. The van der Waals surface area contributed by atoms with Gasteiger partial charge in [-0.25, -0.2) is 4.98 Å². The van der Waals surface area contributed by atoms with Crippen molar-refractivity contribution in [1.29, 1.82) is 0 Å². The van der Waals surface area contributed by atoms with Gasteiger partial charge in [-0.15, -0.1) is 0 Å². The van der Waals surface area contributed by atoms with Crippen LogP contribution >= 0.6 is 23.2 Å². The Kier molecular flexibility index (Phi) is 5.40. The predicted octanol–water partition coefficient (Wildman–Crippen LogP) is 3.55. The average Bonchev–Trinajstić information content (AvgIpc) is 2.47. The fourth-order valence-corrected chi connectivity index (χ4v) is 2.40. The Balaban J connectivity index is 2.08. The van der Waals surface area contributed by atoms with Crippen LogP contribution in [0.1, 0.15) is 34.6 Å². The number of nitrogens with one attached hydrogen (secondary N) is 1. The number of aliphatic hydroxyl groups is 1. The molecular weight excluding hydrogens is 323 g/mol. The Morgan fingerprint density at radius 1 is 1.18 bits per heavy atom. The molecule has 0 aliphatic rings. The molecule has 0 bridgehead atoms. The Morgan fingerprint density at radius 3 is 2.41 bits per heavy atom. The van der Waals surface area contributed by atoms with Gasteiger partial charge in [-0.1, -0.05) is 35.3 Å². The second-order valence-electron chi connectivity index (χ2n) is 5.03. The number of hydrogen-bond acceptors (Lipinski definition) is 3. The number of halogens is 2. The highest BCUT2D eigenvalue weighted by molar-refractivity contribution is 6.30. The molecule has 1 amide bonds. The van der Waals surface area contributed by atoms with Crippen LogP contribution in [0, 0.1) is 6.92 Å². The lowest BCUT2D eigenvalue weighted by molar-refractivity contribution is 0.0851. The maximum absolute atomic E-state index is 12.3. The topological polar surface area (TPSA) is 62.2 Å². The molecule has 0 fully saturated rings. The van der Waals surface area contributed by atoms with Crippen LogP contribution in [-0.4, -0.2) is 22.0 Å². The first-order chi connectivity index (χ1) is 10.4. The van der Waals surface area contributed by atoms with E-state index in [1.165, 1.54) is 0 Å². The molecule has 0 spiro atoms. The van der Waals surface area contributed by atoms with Gasteiger partial charge in [0.25, 0.3) is 5.91 Å². The fourth-order valence-electron chi connectivity index (χ4n) is 2.08. The fraction of sp³-hybridized carbons (Fsp3) is 0.250. The molecule has 2 unspecified atom stereocenters. The van der Waals surface area contributed by atoms with Crippen molar-refractivity contribution in [3.8, 4) is 0 Å². The summed E-state index contributed by atoms with van der Waals surface area (Å²) in [6, 6.07) is 9.55. The molecule has 2 rings (SSSR count). The summed E-state index contributed by atoms with van der Waals surface area (Å²) >= 11 is 11.6.